The zero-order valence-corrected chi connectivity index (χ0v) is 18.1. The molecule has 0 fully saturated rings. The van der Waals surface area contributed by atoms with Crippen LogP contribution in [-0.2, 0) is 4.79 Å². The normalized spacial score (nSPS) is 15.6. The fourth-order valence-electron chi connectivity index (χ4n) is 3.34. The van der Waals surface area contributed by atoms with Crippen LogP contribution in [0, 0.1) is 5.82 Å². The van der Waals surface area contributed by atoms with Crippen molar-refractivity contribution < 1.29 is 14.0 Å². The molecule has 1 aliphatic heterocycles. The number of rotatable bonds is 3. The number of aliphatic imine (C=N–C) groups is 1. The number of amides is 3. The molecule has 0 aliphatic carbocycles. The van der Waals surface area contributed by atoms with Crippen LogP contribution in [0.25, 0.3) is 0 Å². The van der Waals surface area contributed by atoms with Gasteiger partial charge in [-0.05, 0) is 36.4 Å². The summed E-state index contributed by atoms with van der Waals surface area (Å²) in [7, 11) is 1.60. The lowest BCUT2D eigenvalue weighted by atomic mass is 10.00. The average Bonchev–Trinajstić information content (AvgIpc) is 2.85. The van der Waals surface area contributed by atoms with E-state index in [4.69, 9.17) is 0 Å². The standard InChI is InChI=1S/C23H18BrFN4O2/c1-29-19-12-5-3-10-17(19)20(16-9-2-4-11-18(16)25)27-21(22(29)30)28-23(31)26-15-8-6-7-14(24)13-15/h2-13,21H,1H3,(H2,26,28,31). The fourth-order valence-corrected chi connectivity index (χ4v) is 3.74. The summed E-state index contributed by atoms with van der Waals surface area (Å²) in [6.45, 7) is 0. The highest BCUT2D eigenvalue weighted by Crippen LogP contribution is 2.28. The molecule has 3 aromatic rings. The number of benzodiazepines with no additional fused rings is 1. The van der Waals surface area contributed by atoms with E-state index in [0.29, 0.717) is 22.6 Å². The van der Waals surface area contributed by atoms with Gasteiger partial charge in [-0.2, -0.15) is 0 Å². The summed E-state index contributed by atoms with van der Waals surface area (Å²) in [6, 6.07) is 19.8. The average molecular weight is 481 g/mol. The van der Waals surface area contributed by atoms with Crippen LogP contribution in [0.3, 0.4) is 0 Å². The second-order valence-corrected chi connectivity index (χ2v) is 7.80. The first-order chi connectivity index (χ1) is 14.9. The molecule has 31 heavy (non-hydrogen) atoms. The Morgan fingerprint density at radius 2 is 1.74 bits per heavy atom. The minimum absolute atomic E-state index is 0.247. The molecule has 1 unspecified atom stereocenters. The highest BCUT2D eigenvalue weighted by Gasteiger charge is 2.31. The number of anilines is 2. The fraction of sp³-hybridized carbons (Fsp3) is 0.0870. The summed E-state index contributed by atoms with van der Waals surface area (Å²) in [5.41, 5.74) is 2.26. The third-order valence-corrected chi connectivity index (χ3v) is 5.32. The van der Waals surface area contributed by atoms with Gasteiger partial charge in [0, 0.05) is 28.3 Å². The molecule has 0 spiro atoms. The molecule has 8 heteroatoms. The Morgan fingerprint density at radius 1 is 1.03 bits per heavy atom. The summed E-state index contributed by atoms with van der Waals surface area (Å²) in [6.07, 6.45) is -1.24. The van der Waals surface area contributed by atoms with E-state index in [2.05, 4.69) is 31.6 Å². The molecule has 1 aliphatic rings. The van der Waals surface area contributed by atoms with Gasteiger partial charge < -0.3 is 15.5 Å². The molecular formula is C23H18BrFN4O2. The van der Waals surface area contributed by atoms with Gasteiger partial charge in [0.15, 0.2) is 0 Å². The number of likely N-dealkylation sites (N-methyl/N-ethyl adjacent to an activating group) is 1. The van der Waals surface area contributed by atoms with Crippen molar-refractivity contribution in [1.29, 1.82) is 0 Å². The van der Waals surface area contributed by atoms with Crippen molar-refractivity contribution >= 4 is 45.0 Å². The van der Waals surface area contributed by atoms with E-state index < -0.39 is 23.9 Å². The lowest BCUT2D eigenvalue weighted by Crippen LogP contribution is -2.47. The van der Waals surface area contributed by atoms with E-state index in [1.165, 1.54) is 11.0 Å². The molecule has 156 valence electrons. The van der Waals surface area contributed by atoms with E-state index in [1.54, 1.807) is 67.7 Å². The Morgan fingerprint density at radius 3 is 2.48 bits per heavy atom. The number of halogens is 2. The van der Waals surface area contributed by atoms with Crippen LogP contribution in [0.2, 0.25) is 0 Å². The second-order valence-electron chi connectivity index (χ2n) is 6.88. The highest BCUT2D eigenvalue weighted by molar-refractivity contribution is 9.10. The summed E-state index contributed by atoms with van der Waals surface area (Å²) in [4.78, 5) is 31.6. The van der Waals surface area contributed by atoms with E-state index in [0.717, 1.165) is 4.47 Å². The topological polar surface area (TPSA) is 73.8 Å². The number of hydrogen-bond acceptors (Lipinski definition) is 3. The van der Waals surface area contributed by atoms with Gasteiger partial charge in [-0.3, -0.25) is 4.79 Å². The van der Waals surface area contributed by atoms with Gasteiger partial charge in [-0.15, -0.1) is 0 Å². The maximum absolute atomic E-state index is 14.6. The molecule has 0 aromatic heterocycles. The Hall–Kier alpha value is -3.52. The molecule has 6 nitrogen and oxygen atoms in total. The van der Waals surface area contributed by atoms with Crippen LogP contribution >= 0.6 is 15.9 Å². The Bertz CT molecular complexity index is 1200. The molecule has 2 N–H and O–H groups in total. The third-order valence-electron chi connectivity index (χ3n) is 4.82. The quantitative estimate of drug-likeness (QED) is 0.576. The Kier molecular flexibility index (Phi) is 5.81. The number of urea groups is 1. The number of benzene rings is 3. The first-order valence-electron chi connectivity index (χ1n) is 9.47. The predicted molar refractivity (Wildman–Crippen MR) is 122 cm³/mol. The van der Waals surface area contributed by atoms with Crippen molar-refractivity contribution in [1.82, 2.24) is 5.32 Å². The minimum Gasteiger partial charge on any atom is -0.311 e. The lowest BCUT2D eigenvalue weighted by Gasteiger charge is -2.21. The number of hydrogen-bond donors (Lipinski definition) is 2. The van der Waals surface area contributed by atoms with Crippen molar-refractivity contribution in [3.05, 3.63) is 94.2 Å². The minimum atomic E-state index is -1.24. The molecule has 3 aromatic carbocycles. The number of carbonyl (C=O) groups excluding carboxylic acids is 2. The number of para-hydroxylation sites is 1. The zero-order chi connectivity index (χ0) is 22.0. The summed E-state index contributed by atoms with van der Waals surface area (Å²) in [5.74, 6) is -0.909. The number of fused-ring (bicyclic) bond motifs is 1. The van der Waals surface area contributed by atoms with Crippen LogP contribution in [0.1, 0.15) is 11.1 Å². The largest absolute Gasteiger partial charge is 0.321 e. The molecule has 0 saturated carbocycles. The highest BCUT2D eigenvalue weighted by atomic mass is 79.9. The van der Waals surface area contributed by atoms with Crippen LogP contribution in [-0.4, -0.2) is 30.9 Å². The van der Waals surface area contributed by atoms with Gasteiger partial charge in [0.25, 0.3) is 5.91 Å². The lowest BCUT2D eigenvalue weighted by molar-refractivity contribution is -0.119. The maximum Gasteiger partial charge on any atom is 0.321 e. The van der Waals surface area contributed by atoms with Crippen LogP contribution in [0.4, 0.5) is 20.6 Å². The summed E-state index contributed by atoms with van der Waals surface area (Å²) < 4.78 is 15.4. The molecule has 1 heterocycles. The van der Waals surface area contributed by atoms with Gasteiger partial charge in [0.05, 0.1) is 11.4 Å². The first kappa shape index (κ1) is 20.7. The molecule has 3 amide bonds. The summed E-state index contributed by atoms with van der Waals surface area (Å²) >= 11 is 3.35. The zero-order valence-electron chi connectivity index (χ0n) is 16.5. The smallest absolute Gasteiger partial charge is 0.311 e. The number of nitrogens with one attached hydrogen (secondary N) is 2. The van der Waals surface area contributed by atoms with Crippen molar-refractivity contribution in [2.75, 3.05) is 17.3 Å². The molecule has 0 bridgehead atoms. The molecular weight excluding hydrogens is 463 g/mol. The third kappa shape index (κ3) is 4.34. The van der Waals surface area contributed by atoms with Crippen LogP contribution < -0.4 is 15.5 Å². The second kappa shape index (κ2) is 8.69. The molecule has 1 atom stereocenters. The van der Waals surface area contributed by atoms with Crippen LogP contribution in [0.15, 0.2) is 82.3 Å². The van der Waals surface area contributed by atoms with E-state index >= 15 is 0 Å². The number of carbonyl (C=O) groups is 2. The van der Waals surface area contributed by atoms with Gasteiger partial charge in [0.1, 0.15) is 5.82 Å². The summed E-state index contributed by atoms with van der Waals surface area (Å²) in [5, 5.41) is 5.27. The van der Waals surface area contributed by atoms with Gasteiger partial charge in [-0.1, -0.05) is 52.3 Å². The van der Waals surface area contributed by atoms with Crippen molar-refractivity contribution in [3.63, 3.8) is 0 Å². The predicted octanol–water partition coefficient (Wildman–Crippen LogP) is 4.55. The van der Waals surface area contributed by atoms with Gasteiger partial charge in [0.2, 0.25) is 6.17 Å². The monoisotopic (exact) mass is 480 g/mol. The molecule has 4 rings (SSSR count). The first-order valence-corrected chi connectivity index (χ1v) is 10.3. The van der Waals surface area contributed by atoms with E-state index in [9.17, 15) is 14.0 Å². The Balaban J connectivity index is 1.72. The maximum atomic E-state index is 14.6. The van der Waals surface area contributed by atoms with Crippen molar-refractivity contribution in [3.8, 4) is 0 Å². The van der Waals surface area contributed by atoms with Crippen molar-refractivity contribution in [2.24, 2.45) is 4.99 Å². The van der Waals surface area contributed by atoms with Gasteiger partial charge >= 0.3 is 6.03 Å². The van der Waals surface area contributed by atoms with Gasteiger partial charge in [-0.25, -0.2) is 14.2 Å². The molecule has 0 saturated heterocycles. The van der Waals surface area contributed by atoms with E-state index in [1.807, 2.05) is 6.07 Å². The van der Waals surface area contributed by atoms with Crippen LogP contribution in [0.5, 0.6) is 0 Å². The number of nitrogens with zero attached hydrogens (tertiary/aromatic N) is 2. The Labute approximate surface area is 186 Å². The van der Waals surface area contributed by atoms with E-state index in [-0.39, 0.29) is 5.56 Å². The SMILES string of the molecule is CN1C(=O)C(NC(=O)Nc2cccc(Br)c2)N=C(c2ccccc2F)c2ccccc21. The van der Waals surface area contributed by atoms with Crippen molar-refractivity contribution in [2.45, 2.75) is 6.17 Å². The molecule has 0 radical (unpaired) electrons.